The second-order valence-electron chi connectivity index (χ2n) is 3.81. The van der Waals surface area contributed by atoms with Crippen LogP contribution in [0.15, 0.2) is 24.3 Å². The Hall–Kier alpha value is -1.68. The molecule has 0 aliphatic carbocycles. The molecule has 2 rings (SSSR count). The van der Waals surface area contributed by atoms with E-state index in [2.05, 4.69) is 5.32 Å². The maximum absolute atomic E-state index is 12.0. The molecule has 17 heavy (non-hydrogen) atoms. The molecule has 1 aliphatic rings. The summed E-state index contributed by atoms with van der Waals surface area (Å²) in [5.74, 6) is -2.57. The van der Waals surface area contributed by atoms with E-state index in [-0.39, 0.29) is 17.8 Å². The zero-order valence-electron chi connectivity index (χ0n) is 8.90. The third-order valence-electron chi connectivity index (χ3n) is 2.63. The molecule has 1 aromatic rings. The average molecular weight is 252 g/mol. The smallest absolute Gasteiger partial charge is 0.238 e. The molecule has 1 unspecified atom stereocenters. The van der Waals surface area contributed by atoms with Gasteiger partial charge in [0.15, 0.2) is 17.5 Å². The van der Waals surface area contributed by atoms with Gasteiger partial charge >= 0.3 is 0 Å². The minimum absolute atomic E-state index is 0.197. The van der Waals surface area contributed by atoms with Crippen LogP contribution in [-0.2, 0) is 9.59 Å². The van der Waals surface area contributed by atoms with Crippen molar-refractivity contribution in [2.24, 2.45) is 5.92 Å². The number of piperidine rings is 1. The second kappa shape index (κ2) is 4.67. The molecule has 5 heteroatoms. The average Bonchev–Trinajstić information content (AvgIpc) is 2.28. The van der Waals surface area contributed by atoms with Crippen LogP contribution in [0.25, 0.3) is 0 Å². The van der Waals surface area contributed by atoms with Crippen LogP contribution in [0.1, 0.15) is 16.8 Å². The molecule has 0 radical (unpaired) electrons. The lowest BCUT2D eigenvalue weighted by Crippen LogP contribution is -2.46. The summed E-state index contributed by atoms with van der Waals surface area (Å²) in [4.78, 5) is 35.1. The van der Waals surface area contributed by atoms with E-state index in [1.54, 1.807) is 18.2 Å². The van der Waals surface area contributed by atoms with Crippen molar-refractivity contribution < 1.29 is 14.4 Å². The summed E-state index contributed by atoms with van der Waals surface area (Å²) in [6.07, 6.45) is 0.197. The van der Waals surface area contributed by atoms with Gasteiger partial charge in [0.2, 0.25) is 5.91 Å². The van der Waals surface area contributed by atoms with Crippen molar-refractivity contribution >= 4 is 29.1 Å². The predicted molar refractivity (Wildman–Crippen MR) is 61.9 cm³/mol. The highest BCUT2D eigenvalue weighted by Crippen LogP contribution is 2.18. The first-order valence-corrected chi connectivity index (χ1v) is 5.57. The van der Waals surface area contributed by atoms with Gasteiger partial charge in [-0.05, 0) is 12.1 Å². The molecule has 0 spiro atoms. The van der Waals surface area contributed by atoms with E-state index >= 15 is 0 Å². The summed E-state index contributed by atoms with van der Waals surface area (Å²) >= 11 is 5.76. The molecule has 1 N–H and O–H groups in total. The van der Waals surface area contributed by atoms with Crippen LogP contribution in [0.3, 0.4) is 0 Å². The third kappa shape index (κ3) is 2.36. The Kier molecular flexibility index (Phi) is 3.24. The van der Waals surface area contributed by atoms with Crippen molar-refractivity contribution in [2.45, 2.75) is 6.42 Å². The molecule has 1 fully saturated rings. The second-order valence-corrected chi connectivity index (χ2v) is 4.25. The highest BCUT2D eigenvalue weighted by atomic mass is 35.5. The number of rotatable bonds is 2. The van der Waals surface area contributed by atoms with Crippen LogP contribution in [0.2, 0.25) is 5.02 Å². The molecule has 1 amide bonds. The van der Waals surface area contributed by atoms with E-state index in [0.717, 1.165) is 0 Å². The Bertz CT molecular complexity index is 482. The SMILES string of the molecule is O=C1CCNC(=O)C1C(=O)c1cccc(Cl)c1. The number of Topliss-reactive ketones (excluding diaryl/α,β-unsaturated/α-hetero) is 2. The number of nitrogens with one attached hydrogen (secondary N) is 1. The highest BCUT2D eigenvalue weighted by molar-refractivity contribution is 6.31. The van der Waals surface area contributed by atoms with Gasteiger partial charge in [0.25, 0.3) is 0 Å². The predicted octanol–water partition coefficient (Wildman–Crippen LogP) is 1.23. The van der Waals surface area contributed by atoms with Crippen molar-refractivity contribution in [3.8, 4) is 0 Å². The highest BCUT2D eigenvalue weighted by Gasteiger charge is 2.36. The molecule has 1 atom stereocenters. The van der Waals surface area contributed by atoms with Gasteiger partial charge in [0.1, 0.15) is 0 Å². The summed E-state index contributed by atoms with van der Waals surface area (Å²) in [7, 11) is 0. The van der Waals surface area contributed by atoms with E-state index in [0.29, 0.717) is 11.6 Å². The van der Waals surface area contributed by atoms with E-state index in [1.165, 1.54) is 6.07 Å². The minimum Gasteiger partial charge on any atom is -0.355 e. The van der Waals surface area contributed by atoms with Gasteiger partial charge < -0.3 is 5.32 Å². The maximum Gasteiger partial charge on any atom is 0.238 e. The van der Waals surface area contributed by atoms with Crippen LogP contribution >= 0.6 is 11.6 Å². The minimum atomic E-state index is -1.22. The number of hydrogen-bond donors (Lipinski definition) is 1. The molecule has 0 bridgehead atoms. The standard InChI is InChI=1S/C12H10ClNO3/c13-8-3-1-2-7(6-8)11(16)10-9(15)4-5-14-12(10)17/h1-3,6,10H,4-5H2,(H,14,17). The Labute approximate surface area is 103 Å². The van der Waals surface area contributed by atoms with Crippen LogP contribution in [0.4, 0.5) is 0 Å². The number of benzene rings is 1. The van der Waals surface area contributed by atoms with Gasteiger partial charge in [0.05, 0.1) is 0 Å². The lowest BCUT2D eigenvalue weighted by atomic mass is 9.89. The number of carbonyl (C=O) groups is 3. The number of hydrogen-bond acceptors (Lipinski definition) is 3. The summed E-state index contributed by atoms with van der Waals surface area (Å²) in [5, 5.41) is 2.92. The van der Waals surface area contributed by atoms with Gasteiger partial charge in [-0.15, -0.1) is 0 Å². The van der Waals surface area contributed by atoms with Gasteiger partial charge in [-0.25, -0.2) is 0 Å². The van der Waals surface area contributed by atoms with Crippen LogP contribution in [-0.4, -0.2) is 24.0 Å². The van der Waals surface area contributed by atoms with E-state index in [1.807, 2.05) is 0 Å². The monoisotopic (exact) mass is 251 g/mol. The summed E-state index contributed by atoms with van der Waals surface area (Å²) in [5.41, 5.74) is 0.285. The van der Waals surface area contributed by atoms with Crippen molar-refractivity contribution in [3.05, 3.63) is 34.9 Å². The van der Waals surface area contributed by atoms with Gasteiger partial charge in [0, 0.05) is 23.6 Å². The molecule has 1 saturated heterocycles. The lowest BCUT2D eigenvalue weighted by molar-refractivity contribution is -0.134. The number of amides is 1. The van der Waals surface area contributed by atoms with Crippen molar-refractivity contribution in [1.82, 2.24) is 5.32 Å². The van der Waals surface area contributed by atoms with Crippen molar-refractivity contribution in [2.75, 3.05) is 6.54 Å². The maximum atomic E-state index is 12.0. The summed E-state index contributed by atoms with van der Waals surface area (Å²) in [6.45, 7) is 0.303. The molecule has 4 nitrogen and oxygen atoms in total. The zero-order chi connectivity index (χ0) is 12.4. The Morgan fingerprint density at radius 1 is 1.35 bits per heavy atom. The summed E-state index contributed by atoms with van der Waals surface area (Å²) in [6, 6.07) is 6.24. The topological polar surface area (TPSA) is 63.2 Å². The van der Waals surface area contributed by atoms with Gasteiger partial charge in [-0.1, -0.05) is 23.7 Å². The first-order chi connectivity index (χ1) is 8.09. The number of halogens is 1. The third-order valence-corrected chi connectivity index (χ3v) is 2.86. The molecule has 1 aromatic carbocycles. The molecule has 1 aliphatic heterocycles. The quantitative estimate of drug-likeness (QED) is 0.635. The Balaban J connectivity index is 2.30. The number of ketones is 2. The molecular weight excluding hydrogens is 242 g/mol. The van der Waals surface area contributed by atoms with Gasteiger partial charge in [-0.2, -0.15) is 0 Å². The first-order valence-electron chi connectivity index (χ1n) is 5.20. The van der Waals surface area contributed by atoms with Crippen molar-refractivity contribution in [3.63, 3.8) is 0 Å². The lowest BCUT2D eigenvalue weighted by Gasteiger charge is -2.19. The van der Waals surface area contributed by atoms with Gasteiger partial charge in [-0.3, -0.25) is 14.4 Å². The first kappa shape index (κ1) is 11.8. The van der Waals surface area contributed by atoms with Crippen LogP contribution < -0.4 is 5.32 Å². The molecule has 1 heterocycles. The van der Waals surface area contributed by atoms with E-state index in [9.17, 15) is 14.4 Å². The van der Waals surface area contributed by atoms with E-state index in [4.69, 9.17) is 11.6 Å². The fourth-order valence-corrected chi connectivity index (χ4v) is 1.97. The number of carbonyl (C=O) groups excluding carboxylic acids is 3. The fourth-order valence-electron chi connectivity index (χ4n) is 1.78. The normalized spacial score (nSPS) is 19.9. The van der Waals surface area contributed by atoms with Crippen LogP contribution in [0.5, 0.6) is 0 Å². The molecule has 0 aromatic heterocycles. The van der Waals surface area contributed by atoms with E-state index < -0.39 is 17.6 Å². The molecule has 88 valence electrons. The Morgan fingerprint density at radius 2 is 2.12 bits per heavy atom. The largest absolute Gasteiger partial charge is 0.355 e. The molecule has 0 saturated carbocycles. The van der Waals surface area contributed by atoms with Crippen LogP contribution in [0, 0.1) is 5.92 Å². The summed E-state index contributed by atoms with van der Waals surface area (Å²) < 4.78 is 0. The Morgan fingerprint density at radius 3 is 2.76 bits per heavy atom. The van der Waals surface area contributed by atoms with Crippen molar-refractivity contribution in [1.29, 1.82) is 0 Å². The zero-order valence-corrected chi connectivity index (χ0v) is 9.66. The fraction of sp³-hybridized carbons (Fsp3) is 0.250. The molecular formula is C12H10ClNO3.